The maximum atomic E-state index is 9.36. The summed E-state index contributed by atoms with van der Waals surface area (Å²) >= 11 is 5.92. The summed E-state index contributed by atoms with van der Waals surface area (Å²) in [5, 5.41) is 0. The molecule has 2 nitrogen and oxygen atoms in total. The molecule has 0 spiro atoms. The summed E-state index contributed by atoms with van der Waals surface area (Å²) in [4.78, 5) is 0. The van der Waals surface area contributed by atoms with Crippen LogP contribution in [0.1, 0.15) is 0 Å². The second-order valence-electron chi connectivity index (χ2n) is 0.448. The number of hydrogen-bond donors (Lipinski definition) is 2. The molecule has 6 heteroatoms. The van der Waals surface area contributed by atoms with E-state index in [1.807, 2.05) is 0 Å². The first kappa shape index (κ1) is 10.4. The van der Waals surface area contributed by atoms with E-state index in [0.29, 0.717) is 0 Å². The van der Waals surface area contributed by atoms with Crippen LogP contribution >= 0.6 is 23.3 Å². The molecular weight excluding hydrogens is 325 g/mol. The fourth-order valence-electron chi connectivity index (χ4n) is 0. The van der Waals surface area contributed by atoms with Crippen molar-refractivity contribution >= 4 is 31.2 Å². The van der Waals surface area contributed by atoms with Gasteiger partial charge in [-0.25, -0.2) is 8.42 Å². The van der Waals surface area contributed by atoms with Crippen LogP contribution in [0.15, 0.2) is 0 Å². The standard InChI is InChI=1S/Au.H2O2S3/c;1-5(2,3)4/h;(H2,1,2,3,4). The third-order valence-corrected chi connectivity index (χ3v) is 0. The molecule has 0 aromatic carbocycles. The predicted molar refractivity (Wildman–Crippen MR) is 26.9 cm³/mol. The van der Waals surface area contributed by atoms with Crippen molar-refractivity contribution in [3.63, 3.8) is 0 Å². The fraction of sp³-hybridized carbons (Fsp3) is 0. The Morgan fingerprint density at radius 1 is 1.17 bits per heavy atom. The molecule has 0 fully saturated rings. The van der Waals surface area contributed by atoms with E-state index in [1.165, 1.54) is 0 Å². The molecule has 1 radical (unpaired) electrons. The molecule has 0 bridgehead atoms. The van der Waals surface area contributed by atoms with Gasteiger partial charge >= 0.3 is 0 Å². The van der Waals surface area contributed by atoms with Crippen LogP contribution in [0.3, 0.4) is 0 Å². The first-order chi connectivity index (χ1) is 2.00. The third-order valence-electron chi connectivity index (χ3n) is 0. The molecule has 0 amide bonds. The molecule has 6 heavy (non-hydrogen) atoms. The summed E-state index contributed by atoms with van der Waals surface area (Å²) in [5.74, 6) is 0. The van der Waals surface area contributed by atoms with Crippen molar-refractivity contribution < 1.29 is 30.8 Å². The molecule has 0 aliphatic rings. The van der Waals surface area contributed by atoms with Crippen molar-refractivity contribution in [2.75, 3.05) is 0 Å². The van der Waals surface area contributed by atoms with Crippen LogP contribution in [0, 0.1) is 0 Å². The minimum Gasteiger partial charge on any atom is -0.206 e. The molecule has 0 aromatic rings. The summed E-state index contributed by atoms with van der Waals surface area (Å²) in [6, 6.07) is 0. The van der Waals surface area contributed by atoms with Gasteiger partial charge in [0.2, 0.25) is 7.90 Å². The Balaban J connectivity index is 0. The van der Waals surface area contributed by atoms with Crippen molar-refractivity contribution in [2.45, 2.75) is 0 Å². The Bertz CT molecular complexity index is 92.0. The first-order valence-electron chi connectivity index (χ1n) is 0.698. The van der Waals surface area contributed by atoms with Gasteiger partial charge in [0.05, 0.1) is 0 Å². The number of hydrogen-bond acceptors (Lipinski definition) is 2. The third kappa shape index (κ3) is 53.8. The van der Waals surface area contributed by atoms with Crippen LogP contribution in [-0.4, -0.2) is 8.42 Å². The zero-order valence-electron chi connectivity index (χ0n) is 2.42. The normalized spacial score (nSPS) is 9.67. The molecule has 0 aromatic heterocycles. The SMILES string of the molecule is O=S(=O)(S)S.[Au]. The van der Waals surface area contributed by atoms with Crippen molar-refractivity contribution in [3.05, 3.63) is 0 Å². The van der Waals surface area contributed by atoms with E-state index in [4.69, 9.17) is 0 Å². The van der Waals surface area contributed by atoms with Crippen LogP contribution in [0.25, 0.3) is 0 Å². The number of rotatable bonds is 0. The minimum atomic E-state index is -3.28. The maximum Gasteiger partial charge on any atom is 0.247 e. The van der Waals surface area contributed by atoms with Gasteiger partial charge in [-0.1, -0.05) is 0 Å². The maximum absolute atomic E-state index is 9.36. The molecule has 0 saturated heterocycles. The molecule has 0 unspecified atom stereocenters. The van der Waals surface area contributed by atoms with Gasteiger partial charge in [-0.15, -0.1) is 0 Å². The second kappa shape index (κ2) is 3.40. The van der Waals surface area contributed by atoms with E-state index in [-0.39, 0.29) is 22.4 Å². The van der Waals surface area contributed by atoms with E-state index in [1.54, 1.807) is 0 Å². The smallest absolute Gasteiger partial charge is 0.206 e. The van der Waals surface area contributed by atoms with Gasteiger partial charge in [0.15, 0.2) is 0 Å². The summed E-state index contributed by atoms with van der Waals surface area (Å²) in [6.45, 7) is 0. The van der Waals surface area contributed by atoms with E-state index >= 15 is 0 Å². The summed E-state index contributed by atoms with van der Waals surface area (Å²) in [5.41, 5.74) is 0. The molecule has 0 rings (SSSR count). The van der Waals surface area contributed by atoms with Crippen LogP contribution in [-0.2, 0) is 30.3 Å². The van der Waals surface area contributed by atoms with Crippen molar-refractivity contribution in [3.8, 4) is 0 Å². The molecular formula is H2AuO2S3. The predicted octanol–water partition coefficient (Wildman–Crippen LogP) is 0.0883. The number of thiol groups is 2. The van der Waals surface area contributed by atoms with Crippen molar-refractivity contribution in [1.29, 1.82) is 0 Å². The zero-order valence-corrected chi connectivity index (χ0v) is 7.19. The van der Waals surface area contributed by atoms with E-state index in [2.05, 4.69) is 23.3 Å². The van der Waals surface area contributed by atoms with E-state index < -0.39 is 7.90 Å². The van der Waals surface area contributed by atoms with Gasteiger partial charge in [0.1, 0.15) is 0 Å². The molecule has 0 heterocycles. The summed E-state index contributed by atoms with van der Waals surface area (Å²) in [6.07, 6.45) is 0. The van der Waals surface area contributed by atoms with Gasteiger partial charge < -0.3 is 0 Å². The zero-order chi connectivity index (χ0) is 4.50. The van der Waals surface area contributed by atoms with Crippen molar-refractivity contribution in [2.24, 2.45) is 0 Å². The Labute approximate surface area is 61.7 Å². The second-order valence-corrected chi connectivity index (χ2v) is 5.09. The molecule has 43 valence electrons. The van der Waals surface area contributed by atoms with Crippen LogP contribution in [0.4, 0.5) is 0 Å². The Morgan fingerprint density at radius 3 is 1.17 bits per heavy atom. The van der Waals surface area contributed by atoms with Gasteiger partial charge in [-0.3, -0.25) is 0 Å². The molecule has 0 atom stereocenters. The average molecular weight is 327 g/mol. The Hall–Kier alpha value is 1.39. The summed E-state index contributed by atoms with van der Waals surface area (Å²) in [7, 11) is -3.28. The van der Waals surface area contributed by atoms with Gasteiger partial charge in [0.25, 0.3) is 0 Å². The summed E-state index contributed by atoms with van der Waals surface area (Å²) < 4.78 is 18.7. The Morgan fingerprint density at radius 2 is 1.17 bits per heavy atom. The molecule has 0 N–H and O–H groups in total. The molecule has 0 aliphatic carbocycles. The van der Waals surface area contributed by atoms with Crippen LogP contribution in [0.2, 0.25) is 0 Å². The molecule has 0 aliphatic heterocycles. The van der Waals surface area contributed by atoms with E-state index in [0.717, 1.165) is 0 Å². The monoisotopic (exact) mass is 327 g/mol. The fourth-order valence-corrected chi connectivity index (χ4v) is 0. The molecule has 0 saturated carbocycles. The quantitative estimate of drug-likeness (QED) is 0.376. The average Bonchev–Trinajstić information content (AvgIpc) is 0.722. The van der Waals surface area contributed by atoms with Gasteiger partial charge in [-0.05, 0) is 23.3 Å². The largest absolute Gasteiger partial charge is 0.247 e. The van der Waals surface area contributed by atoms with Crippen LogP contribution < -0.4 is 0 Å². The topological polar surface area (TPSA) is 34.1 Å². The van der Waals surface area contributed by atoms with Gasteiger partial charge in [0, 0.05) is 22.4 Å². The van der Waals surface area contributed by atoms with Crippen LogP contribution in [0.5, 0.6) is 0 Å². The Kier molecular flexibility index (Phi) is 5.88. The van der Waals surface area contributed by atoms with Gasteiger partial charge in [-0.2, -0.15) is 0 Å². The van der Waals surface area contributed by atoms with Crippen molar-refractivity contribution in [1.82, 2.24) is 0 Å². The first-order valence-corrected chi connectivity index (χ1v) is 4.29. The minimum absolute atomic E-state index is 0. The van der Waals surface area contributed by atoms with E-state index in [9.17, 15) is 8.42 Å².